The number of para-hydroxylation sites is 1. The molecule has 29 heavy (non-hydrogen) atoms. The van der Waals surface area contributed by atoms with Gasteiger partial charge in [-0.1, -0.05) is 37.5 Å². The summed E-state index contributed by atoms with van der Waals surface area (Å²) in [4.78, 5) is 14.9. The minimum atomic E-state index is -0.113. The molecule has 2 N–H and O–H groups in total. The van der Waals surface area contributed by atoms with Gasteiger partial charge in [0.1, 0.15) is 16.9 Å². The summed E-state index contributed by atoms with van der Waals surface area (Å²) >= 11 is 0. The van der Waals surface area contributed by atoms with Gasteiger partial charge in [-0.2, -0.15) is 0 Å². The highest BCUT2D eigenvalue weighted by Crippen LogP contribution is 2.36. The van der Waals surface area contributed by atoms with Crippen molar-refractivity contribution in [1.29, 1.82) is 0 Å². The Balaban J connectivity index is 1.55. The molecule has 6 heteroatoms. The van der Waals surface area contributed by atoms with Crippen LogP contribution in [0.2, 0.25) is 0 Å². The number of carbonyl (C=O) groups excluding carboxylic acids is 1. The van der Waals surface area contributed by atoms with Gasteiger partial charge in [0.2, 0.25) is 5.91 Å². The summed E-state index contributed by atoms with van der Waals surface area (Å²) in [5.41, 5.74) is 2.11. The molecule has 0 radical (unpaired) electrons. The van der Waals surface area contributed by atoms with E-state index in [1.54, 1.807) is 7.11 Å². The van der Waals surface area contributed by atoms with Gasteiger partial charge in [0.15, 0.2) is 0 Å². The molecule has 4 rings (SSSR count). The van der Waals surface area contributed by atoms with Crippen LogP contribution in [0.25, 0.3) is 21.9 Å². The summed E-state index contributed by atoms with van der Waals surface area (Å²) < 4.78 is 11.5. The Morgan fingerprint density at radius 3 is 2.72 bits per heavy atom. The number of aliphatic hydroxyl groups is 1. The van der Waals surface area contributed by atoms with Gasteiger partial charge in [0, 0.05) is 29.4 Å². The van der Waals surface area contributed by atoms with Gasteiger partial charge in [0.25, 0.3) is 0 Å². The molecule has 2 aromatic carbocycles. The number of ether oxygens (including phenoxy) is 1. The number of aliphatic hydroxyl groups excluding tert-OH is 1. The van der Waals surface area contributed by atoms with Gasteiger partial charge in [-0.15, -0.1) is 0 Å². The number of benzene rings is 2. The van der Waals surface area contributed by atoms with Crippen LogP contribution < -0.4 is 10.1 Å². The van der Waals surface area contributed by atoms with Crippen LogP contribution in [0, 0.1) is 0 Å². The summed E-state index contributed by atoms with van der Waals surface area (Å²) in [7, 11) is 1.60. The molecule has 1 heterocycles. The number of amides is 1. The number of nitrogens with one attached hydrogen (secondary N) is 1. The van der Waals surface area contributed by atoms with E-state index in [4.69, 9.17) is 9.15 Å². The van der Waals surface area contributed by atoms with Crippen molar-refractivity contribution in [2.24, 2.45) is 0 Å². The van der Waals surface area contributed by atoms with Gasteiger partial charge >= 0.3 is 0 Å². The normalized spacial score (nSPS) is 15.3. The van der Waals surface area contributed by atoms with Crippen molar-refractivity contribution < 1.29 is 19.1 Å². The monoisotopic (exact) mass is 396 g/mol. The fourth-order valence-corrected chi connectivity index (χ4v) is 4.36. The minimum Gasteiger partial charge on any atom is -0.495 e. The summed E-state index contributed by atoms with van der Waals surface area (Å²) in [6.07, 6.45) is 5.79. The lowest BCUT2D eigenvalue weighted by Gasteiger charge is -2.33. The number of carbonyl (C=O) groups is 1. The van der Waals surface area contributed by atoms with Crippen LogP contribution in [0.1, 0.15) is 32.1 Å². The van der Waals surface area contributed by atoms with Gasteiger partial charge < -0.3 is 19.6 Å². The quantitative estimate of drug-likeness (QED) is 0.627. The summed E-state index contributed by atoms with van der Waals surface area (Å²) in [5.74, 6) is 0.488. The average Bonchev–Trinajstić information content (AvgIpc) is 3.10. The molecule has 0 saturated heterocycles. The third-order valence-corrected chi connectivity index (χ3v) is 5.80. The highest BCUT2D eigenvalue weighted by molar-refractivity contribution is 6.07. The maximum atomic E-state index is 12.8. The molecule has 1 amide bonds. The molecule has 3 aromatic rings. The molecule has 154 valence electrons. The van der Waals surface area contributed by atoms with Crippen molar-refractivity contribution in [1.82, 2.24) is 4.90 Å². The Bertz CT molecular complexity index is 991. The second-order valence-corrected chi connectivity index (χ2v) is 7.68. The van der Waals surface area contributed by atoms with E-state index < -0.39 is 0 Å². The van der Waals surface area contributed by atoms with Crippen molar-refractivity contribution in [3.63, 3.8) is 0 Å². The summed E-state index contributed by atoms with van der Waals surface area (Å²) in [6, 6.07) is 11.9. The largest absolute Gasteiger partial charge is 0.495 e. The first-order chi connectivity index (χ1) is 14.2. The number of fused-ring (bicyclic) bond motifs is 3. The van der Waals surface area contributed by atoms with E-state index in [9.17, 15) is 9.90 Å². The van der Waals surface area contributed by atoms with Crippen LogP contribution in [0.4, 0.5) is 5.69 Å². The van der Waals surface area contributed by atoms with Crippen molar-refractivity contribution in [3.8, 4) is 5.75 Å². The van der Waals surface area contributed by atoms with Gasteiger partial charge in [-0.05, 0) is 25.0 Å². The standard InChI is InChI=1S/C23H28N2O4/c1-28-22-13-18-17-9-5-6-10-20(17)29-21(18)14-19(22)24-23(27)15-25(11-12-26)16-7-3-2-4-8-16/h5-6,9-10,13-14,16,26H,2-4,7-8,11-12,15H2,1H3,(H,24,27). The highest BCUT2D eigenvalue weighted by atomic mass is 16.5. The Labute approximate surface area is 170 Å². The van der Waals surface area contributed by atoms with Crippen LogP contribution >= 0.6 is 0 Å². The molecule has 0 atom stereocenters. The van der Waals surface area contributed by atoms with Crippen molar-refractivity contribution in [2.45, 2.75) is 38.1 Å². The lowest BCUT2D eigenvalue weighted by molar-refractivity contribution is -0.118. The third kappa shape index (κ3) is 4.23. The number of furan rings is 1. The lowest BCUT2D eigenvalue weighted by atomic mass is 9.94. The van der Waals surface area contributed by atoms with Crippen molar-refractivity contribution in [3.05, 3.63) is 36.4 Å². The predicted octanol–water partition coefficient (Wildman–Crippen LogP) is 4.16. The number of nitrogens with zero attached hydrogens (tertiary/aromatic N) is 1. The van der Waals surface area contributed by atoms with Crippen LogP contribution in [0.5, 0.6) is 5.75 Å². The predicted molar refractivity (Wildman–Crippen MR) is 114 cm³/mol. The second kappa shape index (κ2) is 8.84. The lowest BCUT2D eigenvalue weighted by Crippen LogP contribution is -2.43. The Morgan fingerprint density at radius 2 is 1.97 bits per heavy atom. The zero-order valence-corrected chi connectivity index (χ0v) is 16.8. The molecule has 0 aliphatic heterocycles. The summed E-state index contributed by atoms with van der Waals surface area (Å²) in [5, 5.41) is 14.4. The van der Waals surface area contributed by atoms with Gasteiger partial charge in [-0.25, -0.2) is 0 Å². The van der Waals surface area contributed by atoms with Crippen LogP contribution in [-0.4, -0.2) is 48.8 Å². The fraction of sp³-hybridized carbons (Fsp3) is 0.435. The smallest absolute Gasteiger partial charge is 0.238 e. The van der Waals surface area contributed by atoms with Gasteiger partial charge in [0.05, 0.1) is 25.9 Å². The first-order valence-corrected chi connectivity index (χ1v) is 10.3. The molecular weight excluding hydrogens is 368 g/mol. The Hall–Kier alpha value is -2.57. The molecule has 0 unspecified atom stereocenters. The summed E-state index contributed by atoms with van der Waals surface area (Å²) in [6.45, 7) is 0.822. The van der Waals surface area contributed by atoms with E-state index in [0.29, 0.717) is 29.6 Å². The molecule has 1 aliphatic rings. The topological polar surface area (TPSA) is 74.9 Å². The van der Waals surface area contributed by atoms with Crippen molar-refractivity contribution >= 4 is 33.5 Å². The molecule has 0 spiro atoms. The Kier molecular flexibility index (Phi) is 6.02. The van der Waals surface area contributed by atoms with Crippen LogP contribution in [-0.2, 0) is 4.79 Å². The van der Waals surface area contributed by atoms with E-state index in [-0.39, 0.29) is 19.1 Å². The van der Waals surface area contributed by atoms with E-state index in [1.807, 2.05) is 36.4 Å². The maximum absolute atomic E-state index is 12.8. The molecule has 0 bridgehead atoms. The molecule has 1 aromatic heterocycles. The number of hydrogen-bond acceptors (Lipinski definition) is 5. The maximum Gasteiger partial charge on any atom is 0.238 e. The fourth-order valence-electron chi connectivity index (χ4n) is 4.36. The minimum absolute atomic E-state index is 0.0536. The number of hydrogen-bond donors (Lipinski definition) is 2. The van der Waals surface area contributed by atoms with Gasteiger partial charge in [-0.3, -0.25) is 9.69 Å². The molecule has 1 saturated carbocycles. The zero-order valence-electron chi connectivity index (χ0n) is 16.8. The van der Waals surface area contributed by atoms with Crippen molar-refractivity contribution in [2.75, 3.05) is 32.1 Å². The second-order valence-electron chi connectivity index (χ2n) is 7.68. The average molecular weight is 396 g/mol. The Morgan fingerprint density at radius 1 is 1.17 bits per heavy atom. The van der Waals surface area contributed by atoms with E-state index in [2.05, 4.69) is 10.2 Å². The number of methoxy groups -OCH3 is 1. The number of anilines is 1. The zero-order chi connectivity index (χ0) is 20.2. The van der Waals surface area contributed by atoms with E-state index >= 15 is 0 Å². The van der Waals surface area contributed by atoms with E-state index in [0.717, 1.165) is 29.2 Å². The molecule has 1 aliphatic carbocycles. The molecule has 1 fully saturated rings. The van der Waals surface area contributed by atoms with Crippen LogP contribution in [0.3, 0.4) is 0 Å². The molecule has 6 nitrogen and oxygen atoms in total. The first-order valence-electron chi connectivity index (χ1n) is 10.3. The SMILES string of the molecule is COc1cc2c(cc1NC(=O)CN(CCO)C1CCCCC1)oc1ccccc12. The third-order valence-electron chi connectivity index (χ3n) is 5.80. The highest BCUT2D eigenvalue weighted by Gasteiger charge is 2.23. The number of rotatable bonds is 7. The first kappa shape index (κ1) is 19.7. The molecular formula is C23H28N2O4. The van der Waals surface area contributed by atoms with E-state index in [1.165, 1.54) is 19.3 Å². The van der Waals surface area contributed by atoms with Crippen LogP contribution in [0.15, 0.2) is 40.8 Å².